The summed E-state index contributed by atoms with van der Waals surface area (Å²) in [7, 11) is 1.63. The van der Waals surface area contributed by atoms with E-state index in [1.807, 2.05) is 4.90 Å². The van der Waals surface area contributed by atoms with Crippen molar-refractivity contribution in [3.63, 3.8) is 0 Å². The van der Waals surface area contributed by atoms with Crippen molar-refractivity contribution in [1.29, 1.82) is 0 Å². The van der Waals surface area contributed by atoms with Gasteiger partial charge in [0.05, 0.1) is 0 Å². The van der Waals surface area contributed by atoms with Crippen molar-refractivity contribution in [3.8, 4) is 0 Å². The summed E-state index contributed by atoms with van der Waals surface area (Å²) in [4.78, 5) is 37.2. The van der Waals surface area contributed by atoms with Gasteiger partial charge in [0, 0.05) is 45.3 Å². The highest BCUT2D eigenvalue weighted by Crippen LogP contribution is 2.28. The molecule has 9 heteroatoms. The number of aliphatic imine (C=N–C) groups is 1. The molecule has 3 aliphatic heterocycles. The molecule has 1 aromatic rings. The molecule has 0 spiro atoms. The first kappa shape index (κ1) is 18.7. The van der Waals surface area contributed by atoms with Gasteiger partial charge in [-0.2, -0.15) is 0 Å². The Balaban J connectivity index is 1.65. The van der Waals surface area contributed by atoms with E-state index in [0.717, 1.165) is 32.7 Å². The number of piperazine rings is 1. The van der Waals surface area contributed by atoms with Gasteiger partial charge in [-0.15, -0.1) is 0 Å². The number of urea groups is 1. The number of likely N-dealkylation sites (N-methyl/N-ethyl adjacent to an activating group) is 2. The molecule has 3 amide bonds. The molecule has 3 heterocycles. The first-order chi connectivity index (χ1) is 13.5. The van der Waals surface area contributed by atoms with E-state index in [1.54, 1.807) is 25.2 Å². The maximum absolute atomic E-state index is 14.3. The van der Waals surface area contributed by atoms with Crippen LogP contribution in [0.3, 0.4) is 0 Å². The molecule has 2 unspecified atom stereocenters. The van der Waals surface area contributed by atoms with Gasteiger partial charge in [-0.25, -0.2) is 14.2 Å². The second-order valence-electron chi connectivity index (χ2n) is 7.33. The van der Waals surface area contributed by atoms with Crippen LogP contribution in [0.15, 0.2) is 29.3 Å². The summed E-state index contributed by atoms with van der Waals surface area (Å²) in [5.41, 5.74) is 0.496. The summed E-state index contributed by atoms with van der Waals surface area (Å²) in [6.45, 7) is 6.70. The topological polar surface area (TPSA) is 71.5 Å². The average Bonchev–Trinajstić information content (AvgIpc) is 3.08. The van der Waals surface area contributed by atoms with Crippen molar-refractivity contribution in [2.45, 2.75) is 25.7 Å². The Bertz CT molecular complexity index is 807. The molecule has 0 aliphatic carbocycles. The van der Waals surface area contributed by atoms with Crippen molar-refractivity contribution in [3.05, 3.63) is 35.6 Å². The van der Waals surface area contributed by atoms with E-state index >= 15 is 0 Å². The predicted octanol–water partition coefficient (Wildman–Crippen LogP) is 0.511. The smallest absolute Gasteiger partial charge is 0.325 e. The Labute approximate surface area is 163 Å². The number of nitrogens with one attached hydrogen (secondary N) is 1. The number of hydrogen-bond donors (Lipinski definition) is 1. The lowest BCUT2D eigenvalue weighted by atomic mass is 10.1. The maximum atomic E-state index is 14.3. The standard InChI is InChI=1S/C19H25FN6O2/c1-3-24-8-10-25(11-9-24)18-21-16-15(17(27)22-19(28)23(16)2)26(18)12-13-6-4-5-7-14(13)20/h4-7,15-16H,3,8-12H2,1-2H3,(H,22,27,28). The van der Waals surface area contributed by atoms with Gasteiger partial charge in [0.25, 0.3) is 5.91 Å². The molecular weight excluding hydrogens is 363 g/mol. The number of fused-ring (bicyclic) bond motifs is 1. The summed E-state index contributed by atoms with van der Waals surface area (Å²) >= 11 is 0. The van der Waals surface area contributed by atoms with Crippen molar-refractivity contribution in [2.75, 3.05) is 39.8 Å². The Hall–Kier alpha value is -2.68. The molecule has 1 aromatic carbocycles. The molecule has 2 saturated heterocycles. The van der Waals surface area contributed by atoms with Crippen LogP contribution in [0.5, 0.6) is 0 Å². The molecule has 1 N–H and O–H groups in total. The second-order valence-corrected chi connectivity index (χ2v) is 7.33. The molecule has 28 heavy (non-hydrogen) atoms. The molecule has 4 rings (SSSR count). The van der Waals surface area contributed by atoms with Gasteiger partial charge in [0.1, 0.15) is 5.82 Å². The van der Waals surface area contributed by atoms with Crippen LogP contribution in [-0.2, 0) is 11.3 Å². The summed E-state index contributed by atoms with van der Waals surface area (Å²) in [6.07, 6.45) is -0.604. The van der Waals surface area contributed by atoms with Gasteiger partial charge in [0.15, 0.2) is 18.2 Å². The molecule has 0 radical (unpaired) electrons. The fourth-order valence-electron chi connectivity index (χ4n) is 4.02. The normalized spacial score (nSPS) is 25.7. The van der Waals surface area contributed by atoms with E-state index in [1.165, 1.54) is 11.0 Å². The second kappa shape index (κ2) is 7.38. The summed E-state index contributed by atoms with van der Waals surface area (Å²) in [5.74, 6) is -0.0529. The van der Waals surface area contributed by atoms with Crippen molar-refractivity contribution in [2.24, 2.45) is 4.99 Å². The van der Waals surface area contributed by atoms with Gasteiger partial charge in [-0.05, 0) is 12.6 Å². The number of carbonyl (C=O) groups excluding carboxylic acids is 2. The Kier molecular flexibility index (Phi) is 4.92. The number of halogens is 1. The van der Waals surface area contributed by atoms with E-state index in [2.05, 4.69) is 22.0 Å². The lowest BCUT2D eigenvalue weighted by Crippen LogP contribution is -2.64. The lowest BCUT2D eigenvalue weighted by molar-refractivity contribution is -0.127. The van der Waals surface area contributed by atoms with Crippen LogP contribution in [-0.4, -0.2) is 89.5 Å². The van der Waals surface area contributed by atoms with Crippen LogP contribution < -0.4 is 5.32 Å². The molecule has 8 nitrogen and oxygen atoms in total. The van der Waals surface area contributed by atoms with Gasteiger partial charge < -0.3 is 19.6 Å². The third kappa shape index (κ3) is 3.19. The van der Waals surface area contributed by atoms with Crippen LogP contribution in [0.25, 0.3) is 0 Å². The average molecular weight is 388 g/mol. The Morgan fingerprint density at radius 1 is 1.18 bits per heavy atom. The zero-order valence-electron chi connectivity index (χ0n) is 16.1. The molecule has 150 valence electrons. The minimum absolute atomic E-state index is 0.218. The fourth-order valence-corrected chi connectivity index (χ4v) is 4.02. The molecule has 0 aromatic heterocycles. The highest BCUT2D eigenvalue weighted by molar-refractivity contribution is 6.03. The van der Waals surface area contributed by atoms with Gasteiger partial charge in [0.2, 0.25) is 0 Å². The third-order valence-electron chi connectivity index (χ3n) is 5.74. The third-order valence-corrected chi connectivity index (χ3v) is 5.74. The zero-order chi connectivity index (χ0) is 19.8. The molecule has 0 bridgehead atoms. The number of nitrogens with zero attached hydrogens (tertiary/aromatic N) is 5. The van der Waals surface area contributed by atoms with Crippen molar-refractivity contribution < 1.29 is 14.0 Å². The number of hydrogen-bond acceptors (Lipinski definition) is 6. The number of carbonyl (C=O) groups is 2. The minimum atomic E-state index is -0.665. The first-order valence-electron chi connectivity index (χ1n) is 9.62. The summed E-state index contributed by atoms with van der Waals surface area (Å²) in [5, 5.41) is 2.38. The van der Waals surface area contributed by atoms with Crippen LogP contribution in [0, 0.1) is 5.82 Å². The highest BCUT2D eigenvalue weighted by atomic mass is 19.1. The quantitative estimate of drug-likeness (QED) is 0.817. The zero-order valence-corrected chi connectivity index (χ0v) is 16.1. The predicted molar refractivity (Wildman–Crippen MR) is 102 cm³/mol. The fraction of sp³-hybridized carbons (Fsp3) is 0.526. The number of amides is 3. The monoisotopic (exact) mass is 388 g/mol. The first-order valence-corrected chi connectivity index (χ1v) is 9.62. The van der Waals surface area contributed by atoms with E-state index in [0.29, 0.717) is 11.5 Å². The molecule has 2 fully saturated rings. The van der Waals surface area contributed by atoms with Crippen LogP contribution in [0.2, 0.25) is 0 Å². The highest BCUT2D eigenvalue weighted by Gasteiger charge is 2.49. The Morgan fingerprint density at radius 2 is 1.89 bits per heavy atom. The van der Waals surface area contributed by atoms with Gasteiger partial charge in [-0.3, -0.25) is 10.1 Å². The van der Waals surface area contributed by atoms with E-state index < -0.39 is 24.1 Å². The SMILES string of the molecule is CCN1CCN(C2=NC3C(C(=O)NC(=O)N3C)N2Cc2ccccc2F)CC1. The summed E-state index contributed by atoms with van der Waals surface area (Å²) in [6, 6.07) is 5.42. The van der Waals surface area contributed by atoms with Crippen molar-refractivity contribution >= 4 is 17.9 Å². The van der Waals surface area contributed by atoms with Gasteiger partial charge >= 0.3 is 6.03 Å². The molecular formula is C19H25FN6O2. The number of imide groups is 1. The van der Waals surface area contributed by atoms with Crippen LogP contribution >= 0.6 is 0 Å². The molecule has 3 aliphatic rings. The minimum Gasteiger partial charge on any atom is -0.340 e. The van der Waals surface area contributed by atoms with Crippen LogP contribution in [0.1, 0.15) is 12.5 Å². The molecule has 2 atom stereocenters. The lowest BCUT2D eigenvalue weighted by Gasteiger charge is -2.40. The molecule has 0 saturated carbocycles. The Morgan fingerprint density at radius 3 is 2.57 bits per heavy atom. The number of rotatable bonds is 3. The van der Waals surface area contributed by atoms with E-state index in [-0.39, 0.29) is 12.4 Å². The largest absolute Gasteiger partial charge is 0.340 e. The summed E-state index contributed by atoms with van der Waals surface area (Å²) < 4.78 is 14.3. The number of benzene rings is 1. The maximum Gasteiger partial charge on any atom is 0.325 e. The number of guanidine groups is 1. The van der Waals surface area contributed by atoms with E-state index in [9.17, 15) is 14.0 Å². The van der Waals surface area contributed by atoms with E-state index in [4.69, 9.17) is 4.99 Å². The van der Waals surface area contributed by atoms with Crippen LogP contribution in [0.4, 0.5) is 9.18 Å². The van der Waals surface area contributed by atoms with Crippen molar-refractivity contribution in [1.82, 2.24) is 24.9 Å². The van der Waals surface area contributed by atoms with Gasteiger partial charge in [-0.1, -0.05) is 25.1 Å².